The maximum Gasteiger partial charge on any atom is 0.419 e. The summed E-state index contributed by atoms with van der Waals surface area (Å²) in [5.41, 5.74) is 0.929. The highest BCUT2D eigenvalue weighted by Gasteiger charge is 2.53. The maximum absolute atomic E-state index is 13.8. The number of benzene rings is 2. The molecule has 146 valence electrons. The van der Waals surface area contributed by atoms with Crippen molar-refractivity contribution in [3.05, 3.63) is 59.7 Å². The molecule has 0 radical (unpaired) electrons. The van der Waals surface area contributed by atoms with Crippen molar-refractivity contribution in [1.82, 2.24) is 10.2 Å². The maximum atomic E-state index is 13.8. The molecule has 2 aromatic rings. The van der Waals surface area contributed by atoms with E-state index in [1.54, 1.807) is 42.5 Å². The second-order valence-electron chi connectivity index (χ2n) is 6.82. The zero-order valence-electron chi connectivity index (χ0n) is 15.1. The molecule has 0 bridgehead atoms. The molecule has 2 aromatic carbocycles. The van der Waals surface area contributed by atoms with Gasteiger partial charge in [-0.3, -0.25) is 15.0 Å². The summed E-state index contributed by atoms with van der Waals surface area (Å²) >= 11 is 0. The highest BCUT2D eigenvalue weighted by atomic mass is 19.3. The van der Waals surface area contributed by atoms with Crippen LogP contribution in [-0.2, 0) is 15.1 Å². The normalized spacial score (nSPS) is 22.7. The van der Waals surface area contributed by atoms with Gasteiger partial charge in [0, 0.05) is 0 Å². The molecule has 2 heterocycles. The molecule has 7 nitrogen and oxygen atoms in total. The van der Waals surface area contributed by atoms with E-state index in [9.17, 15) is 18.4 Å². The smallest absolute Gasteiger partial charge is 0.382 e. The van der Waals surface area contributed by atoms with E-state index in [4.69, 9.17) is 5.26 Å². The fraction of sp³-hybridized carbons (Fsp3) is 0.200. The predicted molar refractivity (Wildman–Crippen MR) is 97.7 cm³/mol. The molecule has 9 heteroatoms. The van der Waals surface area contributed by atoms with Crippen LogP contribution in [0.1, 0.15) is 18.1 Å². The molecule has 0 spiro atoms. The number of alkyl carbamates (subject to hydrolysis) is 1. The van der Waals surface area contributed by atoms with Crippen LogP contribution in [0.4, 0.5) is 13.6 Å². The van der Waals surface area contributed by atoms with Crippen molar-refractivity contribution < 1.29 is 23.1 Å². The Morgan fingerprint density at radius 2 is 1.86 bits per heavy atom. The van der Waals surface area contributed by atoms with E-state index >= 15 is 0 Å². The lowest BCUT2D eigenvalue weighted by Crippen LogP contribution is -2.46. The van der Waals surface area contributed by atoms with Crippen LogP contribution in [0, 0.1) is 11.3 Å². The highest BCUT2D eigenvalue weighted by molar-refractivity contribution is 6.11. The van der Waals surface area contributed by atoms with Gasteiger partial charge in [-0.2, -0.15) is 14.0 Å². The quantitative estimate of drug-likeness (QED) is 0.844. The number of amides is 2. The van der Waals surface area contributed by atoms with Gasteiger partial charge < -0.3 is 4.74 Å². The number of nitrogens with one attached hydrogen (secondary N) is 1. The number of carbonyl (C=O) groups excluding carboxylic acids is 2. The first kappa shape index (κ1) is 18.6. The summed E-state index contributed by atoms with van der Waals surface area (Å²) in [6, 6.07) is 15.9. The minimum Gasteiger partial charge on any atom is -0.382 e. The molecule has 1 atom stereocenters. The summed E-state index contributed by atoms with van der Waals surface area (Å²) in [7, 11) is 0. The second-order valence-corrected chi connectivity index (χ2v) is 6.82. The number of nitriles is 1. The molecule has 4 rings (SSSR count). The van der Waals surface area contributed by atoms with Crippen molar-refractivity contribution in [1.29, 1.82) is 5.26 Å². The van der Waals surface area contributed by atoms with Crippen LogP contribution in [0.3, 0.4) is 0 Å². The number of hydrogen-bond donors (Lipinski definition) is 1. The summed E-state index contributed by atoms with van der Waals surface area (Å²) < 4.78 is 31.5. The third kappa shape index (κ3) is 3.18. The average molecular weight is 396 g/mol. The first-order chi connectivity index (χ1) is 13.7. The van der Waals surface area contributed by atoms with E-state index in [1.807, 2.05) is 6.07 Å². The predicted octanol–water partition coefficient (Wildman–Crippen LogP) is 2.97. The first-order valence-electron chi connectivity index (χ1n) is 8.63. The molecule has 1 unspecified atom stereocenters. The van der Waals surface area contributed by atoms with Gasteiger partial charge in [-0.25, -0.2) is 9.79 Å². The molecule has 2 aliphatic rings. The van der Waals surface area contributed by atoms with Crippen molar-refractivity contribution >= 4 is 18.0 Å². The van der Waals surface area contributed by atoms with E-state index in [1.165, 1.54) is 6.92 Å². The molecular weight excluding hydrogens is 382 g/mol. The summed E-state index contributed by atoms with van der Waals surface area (Å²) in [5.74, 6) is -0.988. The number of alkyl halides is 2. The van der Waals surface area contributed by atoms with E-state index < -0.39 is 30.2 Å². The van der Waals surface area contributed by atoms with E-state index in [2.05, 4.69) is 21.1 Å². The number of rotatable bonds is 2. The Balaban J connectivity index is 1.75. The Labute approximate surface area is 164 Å². The molecule has 0 aromatic heterocycles. The SMILES string of the molecule is CC1(c2cccc(-c3cccc(C#N)c3)c2)N=C2NC(=O)OC(F)(F)CN2C1=O. The van der Waals surface area contributed by atoms with Gasteiger partial charge >= 0.3 is 12.2 Å². The number of ether oxygens (including phenoxy) is 1. The highest BCUT2D eigenvalue weighted by Crippen LogP contribution is 2.37. The van der Waals surface area contributed by atoms with Crippen molar-refractivity contribution in [3.8, 4) is 17.2 Å². The minimum atomic E-state index is -3.83. The van der Waals surface area contributed by atoms with Crippen LogP contribution in [0.15, 0.2) is 53.5 Å². The largest absolute Gasteiger partial charge is 0.419 e. The third-order valence-corrected chi connectivity index (χ3v) is 4.79. The number of nitrogens with zero attached hydrogens (tertiary/aromatic N) is 3. The monoisotopic (exact) mass is 396 g/mol. The first-order valence-corrected chi connectivity index (χ1v) is 8.63. The van der Waals surface area contributed by atoms with E-state index in [0.717, 1.165) is 11.1 Å². The van der Waals surface area contributed by atoms with Crippen LogP contribution >= 0.6 is 0 Å². The lowest BCUT2D eigenvalue weighted by atomic mass is 9.89. The number of cyclic esters (lactones) is 1. The molecule has 2 amide bonds. The topological polar surface area (TPSA) is 94.8 Å². The summed E-state index contributed by atoms with van der Waals surface area (Å²) in [4.78, 5) is 29.5. The zero-order valence-corrected chi connectivity index (χ0v) is 15.1. The number of guanidine groups is 1. The third-order valence-electron chi connectivity index (χ3n) is 4.79. The number of hydrogen-bond acceptors (Lipinski definition) is 5. The van der Waals surface area contributed by atoms with Gasteiger partial charge in [0.2, 0.25) is 5.96 Å². The number of carbonyl (C=O) groups is 2. The Kier molecular flexibility index (Phi) is 4.08. The number of halogens is 2. The molecule has 0 saturated carbocycles. The fourth-order valence-corrected chi connectivity index (χ4v) is 3.35. The summed E-state index contributed by atoms with van der Waals surface area (Å²) in [5, 5.41) is 11.2. The van der Waals surface area contributed by atoms with E-state index in [0.29, 0.717) is 16.0 Å². The second kappa shape index (κ2) is 6.38. The van der Waals surface area contributed by atoms with Gasteiger partial charge in [0.15, 0.2) is 5.54 Å². The van der Waals surface area contributed by atoms with Crippen LogP contribution in [-0.4, -0.2) is 35.5 Å². The summed E-state index contributed by atoms with van der Waals surface area (Å²) in [6.07, 6.45) is -5.21. The van der Waals surface area contributed by atoms with Gasteiger partial charge in [0.25, 0.3) is 5.91 Å². The Hall–Kier alpha value is -3.80. The molecule has 2 aliphatic heterocycles. The molecular formula is C20H14F2N4O3. The molecule has 1 saturated heterocycles. The minimum absolute atomic E-state index is 0.281. The van der Waals surface area contributed by atoms with Gasteiger partial charge in [-0.15, -0.1) is 0 Å². The van der Waals surface area contributed by atoms with Gasteiger partial charge in [0.05, 0.1) is 11.6 Å². The fourth-order valence-electron chi connectivity index (χ4n) is 3.35. The van der Waals surface area contributed by atoms with Crippen LogP contribution in [0.2, 0.25) is 0 Å². The number of aliphatic imine (C=N–C) groups is 1. The molecule has 1 fully saturated rings. The van der Waals surface area contributed by atoms with Crippen molar-refractivity contribution in [2.45, 2.75) is 18.6 Å². The lowest BCUT2D eigenvalue weighted by Gasteiger charge is -2.24. The van der Waals surface area contributed by atoms with Crippen molar-refractivity contribution in [2.24, 2.45) is 4.99 Å². The Bertz CT molecular complexity index is 1110. The number of fused-ring (bicyclic) bond motifs is 1. The Morgan fingerprint density at radius 3 is 2.59 bits per heavy atom. The van der Waals surface area contributed by atoms with Crippen molar-refractivity contribution in [2.75, 3.05) is 6.54 Å². The molecule has 29 heavy (non-hydrogen) atoms. The van der Waals surface area contributed by atoms with Gasteiger partial charge in [0.1, 0.15) is 6.54 Å². The van der Waals surface area contributed by atoms with Gasteiger partial charge in [-0.1, -0.05) is 30.3 Å². The standard InChI is InChI=1S/C20H14F2N4O3/c1-19(16(27)26-11-20(21,22)29-18(28)24-17(26)25-19)15-7-3-6-14(9-15)13-5-2-4-12(8-13)10-23/h2-9H,11H2,1H3,(H,24,25,28). The van der Waals surface area contributed by atoms with Crippen LogP contribution in [0.25, 0.3) is 11.1 Å². The van der Waals surface area contributed by atoms with Crippen LogP contribution < -0.4 is 5.32 Å². The average Bonchev–Trinajstić information content (AvgIpc) is 2.85. The molecule has 0 aliphatic carbocycles. The van der Waals surface area contributed by atoms with Crippen molar-refractivity contribution in [3.63, 3.8) is 0 Å². The Morgan fingerprint density at radius 1 is 1.17 bits per heavy atom. The van der Waals surface area contributed by atoms with Crippen LogP contribution in [0.5, 0.6) is 0 Å². The summed E-state index contributed by atoms with van der Waals surface area (Å²) in [6.45, 7) is 0.371. The van der Waals surface area contributed by atoms with Gasteiger partial charge in [-0.05, 0) is 41.8 Å². The van der Waals surface area contributed by atoms with E-state index in [-0.39, 0.29) is 5.96 Å². The zero-order chi connectivity index (χ0) is 20.8. The molecule has 1 N–H and O–H groups in total. The lowest BCUT2D eigenvalue weighted by molar-refractivity contribution is -0.200.